The Labute approximate surface area is 153 Å². The highest BCUT2D eigenvalue weighted by molar-refractivity contribution is 5.76. The summed E-state index contributed by atoms with van der Waals surface area (Å²) >= 11 is 0. The van der Waals surface area contributed by atoms with Gasteiger partial charge in [0.25, 0.3) is 0 Å². The molecule has 26 heavy (non-hydrogen) atoms. The van der Waals surface area contributed by atoms with E-state index in [2.05, 4.69) is 15.5 Å². The van der Waals surface area contributed by atoms with Crippen LogP contribution in [0.4, 0.5) is 4.39 Å². The molecular weight excluding hydrogens is 333 g/mol. The number of amides is 1. The summed E-state index contributed by atoms with van der Waals surface area (Å²) in [6.07, 6.45) is 6.74. The maximum atomic E-state index is 12.9. The van der Waals surface area contributed by atoms with Gasteiger partial charge in [-0.1, -0.05) is 19.3 Å². The fourth-order valence-electron chi connectivity index (χ4n) is 3.24. The van der Waals surface area contributed by atoms with Gasteiger partial charge in [0.2, 0.25) is 11.8 Å². The van der Waals surface area contributed by atoms with Crippen LogP contribution >= 0.6 is 0 Å². The molecule has 1 heterocycles. The van der Waals surface area contributed by atoms with Gasteiger partial charge in [-0.05, 0) is 49.1 Å². The highest BCUT2D eigenvalue weighted by atomic mass is 19.1. The van der Waals surface area contributed by atoms with Crippen LogP contribution in [-0.2, 0) is 4.79 Å². The molecule has 1 amide bonds. The molecule has 5 nitrogen and oxygen atoms in total. The fourth-order valence-corrected chi connectivity index (χ4v) is 3.24. The number of carbonyl (C=O) groups is 1. The largest absolute Gasteiger partial charge is 0.475 e. The molecule has 0 radical (unpaired) electrons. The minimum Gasteiger partial charge on any atom is -0.475 e. The molecule has 0 atom stereocenters. The molecule has 0 saturated heterocycles. The van der Waals surface area contributed by atoms with Crippen molar-refractivity contribution in [2.24, 2.45) is 5.92 Å². The molecule has 0 bridgehead atoms. The van der Waals surface area contributed by atoms with Crippen LogP contribution in [-0.4, -0.2) is 29.3 Å². The third kappa shape index (κ3) is 5.51. The van der Waals surface area contributed by atoms with E-state index in [4.69, 9.17) is 4.74 Å². The molecule has 0 aliphatic heterocycles. The van der Waals surface area contributed by atoms with Gasteiger partial charge in [-0.25, -0.2) is 4.39 Å². The van der Waals surface area contributed by atoms with Crippen molar-refractivity contribution < 1.29 is 13.9 Å². The Hall–Kier alpha value is -2.50. The maximum Gasteiger partial charge on any atom is 0.233 e. The molecule has 0 spiro atoms. The Balaban J connectivity index is 1.38. The fraction of sp³-hybridized carbons (Fsp3) is 0.450. The van der Waals surface area contributed by atoms with Crippen molar-refractivity contribution in [1.82, 2.24) is 15.5 Å². The first-order valence-electron chi connectivity index (χ1n) is 9.20. The Bertz CT molecular complexity index is 698. The quantitative estimate of drug-likeness (QED) is 0.767. The second-order valence-corrected chi connectivity index (χ2v) is 6.67. The average molecular weight is 357 g/mol. The van der Waals surface area contributed by atoms with Crippen LogP contribution in [0.1, 0.15) is 38.5 Å². The van der Waals surface area contributed by atoms with Crippen LogP contribution < -0.4 is 10.1 Å². The maximum absolute atomic E-state index is 12.9. The van der Waals surface area contributed by atoms with Crippen molar-refractivity contribution in [3.63, 3.8) is 0 Å². The number of benzene rings is 1. The highest BCUT2D eigenvalue weighted by Crippen LogP contribution is 2.26. The number of aromatic nitrogens is 2. The average Bonchev–Trinajstić information content (AvgIpc) is 2.67. The molecule has 0 unspecified atom stereocenters. The zero-order valence-electron chi connectivity index (χ0n) is 14.8. The topological polar surface area (TPSA) is 64.1 Å². The van der Waals surface area contributed by atoms with Gasteiger partial charge in [-0.15, -0.1) is 10.2 Å². The molecule has 1 aliphatic rings. The van der Waals surface area contributed by atoms with E-state index in [0.29, 0.717) is 37.1 Å². The van der Waals surface area contributed by atoms with Gasteiger partial charge in [0, 0.05) is 18.1 Å². The molecule has 1 aliphatic carbocycles. The van der Waals surface area contributed by atoms with Gasteiger partial charge in [-0.3, -0.25) is 4.79 Å². The third-order valence-electron chi connectivity index (χ3n) is 4.65. The minimum atomic E-state index is -0.285. The molecule has 3 rings (SSSR count). The van der Waals surface area contributed by atoms with Gasteiger partial charge in [-0.2, -0.15) is 0 Å². The molecule has 1 aromatic carbocycles. The monoisotopic (exact) mass is 357 g/mol. The van der Waals surface area contributed by atoms with E-state index in [1.165, 1.54) is 44.2 Å². The molecule has 138 valence electrons. The molecule has 1 aromatic heterocycles. The zero-order valence-corrected chi connectivity index (χ0v) is 14.8. The molecular formula is C20H24FN3O2. The first-order valence-corrected chi connectivity index (χ1v) is 9.20. The van der Waals surface area contributed by atoms with Crippen LogP contribution in [0.15, 0.2) is 36.4 Å². The van der Waals surface area contributed by atoms with E-state index >= 15 is 0 Å². The number of hydrogen-bond donors (Lipinski definition) is 1. The number of nitrogens with one attached hydrogen (secondary N) is 1. The van der Waals surface area contributed by atoms with Crippen LogP contribution in [0.5, 0.6) is 5.88 Å². The Kier molecular flexibility index (Phi) is 6.52. The number of nitrogens with zero attached hydrogens (tertiary/aromatic N) is 2. The molecule has 1 fully saturated rings. The van der Waals surface area contributed by atoms with E-state index in [1.54, 1.807) is 24.3 Å². The van der Waals surface area contributed by atoms with Crippen molar-refractivity contribution in [1.29, 1.82) is 0 Å². The van der Waals surface area contributed by atoms with Crippen LogP contribution in [0.2, 0.25) is 0 Å². The lowest BCUT2D eigenvalue weighted by Gasteiger charge is -2.20. The molecule has 1 saturated carbocycles. The lowest BCUT2D eigenvalue weighted by Crippen LogP contribution is -2.30. The summed E-state index contributed by atoms with van der Waals surface area (Å²) in [7, 11) is 0. The number of hydrogen-bond acceptors (Lipinski definition) is 4. The summed E-state index contributed by atoms with van der Waals surface area (Å²) in [6, 6.07) is 9.57. The van der Waals surface area contributed by atoms with Crippen LogP contribution in [0, 0.1) is 11.7 Å². The Morgan fingerprint density at radius 2 is 1.85 bits per heavy atom. The van der Waals surface area contributed by atoms with E-state index < -0.39 is 0 Å². The third-order valence-corrected chi connectivity index (χ3v) is 4.65. The van der Waals surface area contributed by atoms with Gasteiger partial charge in [0.15, 0.2) is 0 Å². The molecule has 6 heteroatoms. The summed E-state index contributed by atoms with van der Waals surface area (Å²) < 4.78 is 18.4. The minimum absolute atomic E-state index is 0.0956. The predicted octanol–water partition coefficient (Wildman–Crippen LogP) is 3.75. The van der Waals surface area contributed by atoms with E-state index in [0.717, 1.165) is 5.56 Å². The number of carbonyl (C=O) groups excluding carboxylic acids is 1. The van der Waals surface area contributed by atoms with Gasteiger partial charge in [0.1, 0.15) is 12.4 Å². The predicted molar refractivity (Wildman–Crippen MR) is 97.1 cm³/mol. The van der Waals surface area contributed by atoms with E-state index in [-0.39, 0.29) is 11.7 Å². The first kappa shape index (κ1) is 18.3. The summed E-state index contributed by atoms with van der Waals surface area (Å²) in [6.45, 7) is 0.800. The zero-order chi connectivity index (χ0) is 18.2. The lowest BCUT2D eigenvalue weighted by atomic mass is 9.87. The molecule has 1 N–H and O–H groups in total. The Morgan fingerprint density at radius 3 is 2.54 bits per heavy atom. The van der Waals surface area contributed by atoms with Crippen molar-refractivity contribution in [3.8, 4) is 17.1 Å². The summed E-state index contributed by atoms with van der Waals surface area (Å²) in [5.41, 5.74) is 1.44. The first-order chi connectivity index (χ1) is 12.7. The SMILES string of the molecule is O=C(CC1CCCCC1)NCCOc1ccc(-c2ccc(F)cc2)nn1. The highest BCUT2D eigenvalue weighted by Gasteiger charge is 2.16. The van der Waals surface area contributed by atoms with Crippen LogP contribution in [0.3, 0.4) is 0 Å². The van der Waals surface area contributed by atoms with E-state index in [9.17, 15) is 9.18 Å². The number of rotatable bonds is 7. The Morgan fingerprint density at radius 1 is 1.08 bits per heavy atom. The number of ether oxygens (including phenoxy) is 1. The van der Waals surface area contributed by atoms with Crippen molar-refractivity contribution in [2.75, 3.05) is 13.2 Å². The van der Waals surface area contributed by atoms with Gasteiger partial charge in [0.05, 0.1) is 12.2 Å². The van der Waals surface area contributed by atoms with Crippen molar-refractivity contribution >= 4 is 5.91 Å². The summed E-state index contributed by atoms with van der Waals surface area (Å²) in [5, 5.41) is 11.0. The standard InChI is InChI=1S/C20H24FN3O2/c21-17-8-6-16(7-9-17)18-10-11-20(24-23-18)26-13-12-22-19(25)14-15-4-2-1-3-5-15/h6-11,15H,1-5,12-14H2,(H,22,25). The summed E-state index contributed by atoms with van der Waals surface area (Å²) in [5.74, 6) is 0.748. The van der Waals surface area contributed by atoms with Crippen LogP contribution in [0.25, 0.3) is 11.3 Å². The second-order valence-electron chi connectivity index (χ2n) is 6.67. The lowest BCUT2D eigenvalue weighted by molar-refractivity contribution is -0.122. The molecule has 2 aromatic rings. The second kappa shape index (κ2) is 9.27. The normalized spacial score (nSPS) is 14.8. The van der Waals surface area contributed by atoms with Crippen molar-refractivity contribution in [2.45, 2.75) is 38.5 Å². The van der Waals surface area contributed by atoms with Crippen molar-refractivity contribution in [3.05, 3.63) is 42.2 Å². The van der Waals surface area contributed by atoms with E-state index in [1.807, 2.05) is 0 Å². The summed E-state index contributed by atoms with van der Waals surface area (Å²) in [4.78, 5) is 11.9. The smallest absolute Gasteiger partial charge is 0.233 e. The number of halogens is 1. The van der Waals surface area contributed by atoms with Gasteiger partial charge >= 0.3 is 0 Å². The van der Waals surface area contributed by atoms with Gasteiger partial charge < -0.3 is 10.1 Å².